The summed E-state index contributed by atoms with van der Waals surface area (Å²) in [5.74, 6) is 0.189. The van der Waals surface area contributed by atoms with Gasteiger partial charge in [-0.2, -0.15) is 0 Å². The Balaban J connectivity index is 2.37. The second-order valence-corrected chi connectivity index (χ2v) is 4.96. The number of benzene rings is 1. The molecule has 0 aliphatic carbocycles. The molecule has 0 unspecified atom stereocenters. The molecular weight excluding hydrogens is 280 g/mol. The molecule has 0 spiro atoms. The highest BCUT2D eigenvalue weighted by Crippen LogP contribution is 2.12. The van der Waals surface area contributed by atoms with Gasteiger partial charge in [-0.15, -0.1) is 0 Å². The normalized spacial score (nSPS) is 10.3. The Labute approximate surface area is 111 Å². The molecule has 0 saturated heterocycles. The molecule has 0 atom stereocenters. The summed E-state index contributed by atoms with van der Waals surface area (Å²) in [6, 6.07) is 8.19. The Morgan fingerprint density at radius 3 is 2.88 bits per heavy atom. The van der Waals surface area contributed by atoms with Crippen LogP contribution in [-0.4, -0.2) is 38.0 Å². The molecule has 0 aliphatic heterocycles. The van der Waals surface area contributed by atoms with Crippen molar-refractivity contribution in [1.82, 2.24) is 10.2 Å². The van der Waals surface area contributed by atoms with Gasteiger partial charge in [0.1, 0.15) is 0 Å². The number of likely N-dealkylation sites (N-methyl/N-ethyl adjacent to an activating group) is 1. The van der Waals surface area contributed by atoms with Gasteiger partial charge in [-0.25, -0.2) is 0 Å². The Morgan fingerprint density at radius 1 is 1.47 bits per heavy atom. The molecule has 3 nitrogen and oxygen atoms in total. The molecule has 17 heavy (non-hydrogen) atoms. The first kappa shape index (κ1) is 14.2. The van der Waals surface area contributed by atoms with E-state index in [0.717, 1.165) is 24.0 Å². The third-order valence-corrected chi connectivity index (χ3v) is 3.13. The van der Waals surface area contributed by atoms with E-state index in [2.05, 4.69) is 33.4 Å². The lowest BCUT2D eigenvalue weighted by molar-refractivity contribution is -0.129. The molecule has 94 valence electrons. The summed E-state index contributed by atoms with van der Waals surface area (Å²) in [7, 11) is 3.71. The predicted molar refractivity (Wildman–Crippen MR) is 74.0 cm³/mol. The third-order valence-electron chi connectivity index (χ3n) is 2.64. The number of hydrogen-bond acceptors (Lipinski definition) is 2. The third kappa shape index (κ3) is 5.33. The van der Waals surface area contributed by atoms with Gasteiger partial charge in [0, 0.05) is 31.0 Å². The van der Waals surface area contributed by atoms with Gasteiger partial charge in [-0.05, 0) is 31.2 Å². The van der Waals surface area contributed by atoms with Crippen molar-refractivity contribution in [1.29, 1.82) is 0 Å². The minimum absolute atomic E-state index is 0.189. The highest BCUT2D eigenvalue weighted by Gasteiger charge is 2.07. The van der Waals surface area contributed by atoms with Gasteiger partial charge < -0.3 is 10.2 Å². The van der Waals surface area contributed by atoms with Crippen molar-refractivity contribution in [2.75, 3.05) is 27.2 Å². The van der Waals surface area contributed by atoms with Gasteiger partial charge in [-0.3, -0.25) is 4.79 Å². The average molecular weight is 299 g/mol. The molecular formula is C13H19BrN2O. The van der Waals surface area contributed by atoms with Crippen LogP contribution in [-0.2, 0) is 11.2 Å². The van der Waals surface area contributed by atoms with Crippen molar-refractivity contribution in [2.45, 2.75) is 12.8 Å². The van der Waals surface area contributed by atoms with Crippen LogP contribution in [0.2, 0.25) is 0 Å². The van der Waals surface area contributed by atoms with Crippen molar-refractivity contribution in [2.24, 2.45) is 0 Å². The summed E-state index contributed by atoms with van der Waals surface area (Å²) < 4.78 is 1.08. The lowest BCUT2D eigenvalue weighted by Crippen LogP contribution is -2.30. The Hall–Kier alpha value is -0.870. The number of rotatable bonds is 6. The van der Waals surface area contributed by atoms with E-state index in [1.54, 1.807) is 4.90 Å². The molecule has 0 fully saturated rings. The largest absolute Gasteiger partial charge is 0.345 e. The number of hydrogen-bond donors (Lipinski definition) is 1. The van der Waals surface area contributed by atoms with Crippen molar-refractivity contribution < 1.29 is 4.79 Å². The second kappa shape index (κ2) is 7.45. The van der Waals surface area contributed by atoms with Crippen molar-refractivity contribution in [3.05, 3.63) is 34.3 Å². The van der Waals surface area contributed by atoms with Gasteiger partial charge in [0.2, 0.25) is 5.91 Å². The number of nitrogens with one attached hydrogen (secondary N) is 1. The molecule has 1 N–H and O–H groups in total. The molecule has 1 aromatic carbocycles. The quantitative estimate of drug-likeness (QED) is 0.872. The first-order valence-electron chi connectivity index (χ1n) is 5.76. The molecule has 1 aromatic rings. The van der Waals surface area contributed by atoms with Crippen LogP contribution in [0.3, 0.4) is 0 Å². The highest BCUT2D eigenvalue weighted by atomic mass is 79.9. The van der Waals surface area contributed by atoms with Crippen molar-refractivity contribution in [3.63, 3.8) is 0 Å². The van der Waals surface area contributed by atoms with E-state index in [4.69, 9.17) is 0 Å². The standard InChI is InChI=1S/C13H19BrN2O/c1-15-8-6-13(17)16(2)9-7-11-4-3-5-12(14)10-11/h3-5,10,15H,6-9H2,1-2H3. The molecule has 1 amide bonds. The number of carbonyl (C=O) groups excluding carboxylic acids is 1. The topological polar surface area (TPSA) is 32.3 Å². The SMILES string of the molecule is CNCCC(=O)N(C)CCc1cccc(Br)c1. The average Bonchev–Trinajstić information content (AvgIpc) is 2.33. The van der Waals surface area contributed by atoms with E-state index >= 15 is 0 Å². The van der Waals surface area contributed by atoms with Gasteiger partial charge in [0.05, 0.1) is 0 Å². The lowest BCUT2D eigenvalue weighted by Gasteiger charge is -2.17. The predicted octanol–water partition coefficient (Wildman–Crippen LogP) is 2.06. The van der Waals surface area contributed by atoms with Crippen molar-refractivity contribution >= 4 is 21.8 Å². The van der Waals surface area contributed by atoms with Crippen LogP contribution < -0.4 is 5.32 Å². The van der Waals surface area contributed by atoms with Crippen LogP contribution in [0.1, 0.15) is 12.0 Å². The van der Waals surface area contributed by atoms with E-state index in [-0.39, 0.29) is 5.91 Å². The molecule has 0 aromatic heterocycles. The van der Waals surface area contributed by atoms with Gasteiger partial charge in [0.15, 0.2) is 0 Å². The number of nitrogens with zero attached hydrogens (tertiary/aromatic N) is 1. The fourth-order valence-electron chi connectivity index (χ4n) is 1.54. The van der Waals surface area contributed by atoms with Gasteiger partial charge >= 0.3 is 0 Å². The Bertz CT molecular complexity index is 368. The smallest absolute Gasteiger partial charge is 0.223 e. The maximum absolute atomic E-state index is 11.7. The van der Waals surface area contributed by atoms with Gasteiger partial charge in [0.25, 0.3) is 0 Å². The van der Waals surface area contributed by atoms with E-state index in [1.165, 1.54) is 5.56 Å². The summed E-state index contributed by atoms with van der Waals surface area (Å²) in [6.07, 6.45) is 1.45. The Kier molecular flexibility index (Phi) is 6.22. The lowest BCUT2D eigenvalue weighted by atomic mass is 10.1. The molecule has 0 aliphatic rings. The number of amides is 1. The van der Waals surface area contributed by atoms with Crippen LogP contribution in [0.15, 0.2) is 28.7 Å². The molecule has 0 radical (unpaired) electrons. The van der Waals surface area contributed by atoms with Crippen molar-refractivity contribution in [3.8, 4) is 0 Å². The van der Waals surface area contributed by atoms with Crippen LogP contribution in [0.25, 0.3) is 0 Å². The molecule has 0 bridgehead atoms. The molecule has 4 heteroatoms. The maximum atomic E-state index is 11.7. The summed E-state index contributed by atoms with van der Waals surface area (Å²) in [6.45, 7) is 1.50. The summed E-state index contributed by atoms with van der Waals surface area (Å²) in [4.78, 5) is 13.5. The van der Waals surface area contributed by atoms with E-state index in [1.807, 2.05) is 26.2 Å². The first-order chi connectivity index (χ1) is 8.13. The molecule has 1 rings (SSSR count). The zero-order valence-corrected chi connectivity index (χ0v) is 12.0. The first-order valence-corrected chi connectivity index (χ1v) is 6.56. The van der Waals surface area contributed by atoms with E-state index in [9.17, 15) is 4.79 Å². The molecule has 0 saturated carbocycles. The van der Waals surface area contributed by atoms with Crippen LogP contribution in [0.5, 0.6) is 0 Å². The fraction of sp³-hybridized carbons (Fsp3) is 0.462. The van der Waals surface area contributed by atoms with Gasteiger partial charge in [-0.1, -0.05) is 28.1 Å². The summed E-state index contributed by atoms with van der Waals surface area (Å²) in [5.41, 5.74) is 1.24. The fourth-order valence-corrected chi connectivity index (χ4v) is 1.98. The number of halogens is 1. The zero-order valence-electron chi connectivity index (χ0n) is 10.4. The Morgan fingerprint density at radius 2 is 2.24 bits per heavy atom. The van der Waals surface area contributed by atoms with Crippen LogP contribution in [0.4, 0.5) is 0 Å². The highest BCUT2D eigenvalue weighted by molar-refractivity contribution is 9.10. The summed E-state index contributed by atoms with van der Waals surface area (Å²) >= 11 is 3.44. The van der Waals surface area contributed by atoms with Crippen LogP contribution in [0, 0.1) is 0 Å². The second-order valence-electron chi connectivity index (χ2n) is 4.05. The minimum atomic E-state index is 0.189. The maximum Gasteiger partial charge on any atom is 0.223 e. The minimum Gasteiger partial charge on any atom is -0.345 e. The number of carbonyl (C=O) groups is 1. The van der Waals surface area contributed by atoms with E-state index in [0.29, 0.717) is 6.42 Å². The van der Waals surface area contributed by atoms with E-state index < -0.39 is 0 Å². The monoisotopic (exact) mass is 298 g/mol. The van der Waals surface area contributed by atoms with Crippen LogP contribution >= 0.6 is 15.9 Å². The zero-order chi connectivity index (χ0) is 12.7. The summed E-state index contributed by atoms with van der Waals surface area (Å²) in [5, 5.41) is 2.98. The molecule has 0 heterocycles.